The van der Waals surface area contributed by atoms with Gasteiger partial charge in [0.2, 0.25) is 5.91 Å². The van der Waals surface area contributed by atoms with Crippen molar-refractivity contribution in [3.63, 3.8) is 0 Å². The highest BCUT2D eigenvalue weighted by molar-refractivity contribution is 9.10. The van der Waals surface area contributed by atoms with Gasteiger partial charge in [0, 0.05) is 16.9 Å². The molecule has 0 spiro atoms. The van der Waals surface area contributed by atoms with E-state index in [4.69, 9.17) is 0 Å². The minimum absolute atomic E-state index is 0.0909. The van der Waals surface area contributed by atoms with E-state index in [9.17, 15) is 9.18 Å². The van der Waals surface area contributed by atoms with Gasteiger partial charge in [0.15, 0.2) is 0 Å². The van der Waals surface area contributed by atoms with Gasteiger partial charge < -0.3 is 9.72 Å². The van der Waals surface area contributed by atoms with Gasteiger partial charge in [-0.1, -0.05) is 22.0 Å². The molecule has 1 N–H and O–H groups in total. The second-order valence-corrected chi connectivity index (χ2v) is 5.46. The molecule has 0 aliphatic carbocycles. The number of carbonyl (C=O) groups excluding carboxylic acids is 1. The molecule has 0 atom stereocenters. The molecule has 106 valence electrons. The van der Waals surface area contributed by atoms with Crippen LogP contribution in [0.25, 0.3) is 5.65 Å². The Kier molecular flexibility index (Phi) is 3.70. The molecular formula is C15H11BrFN3O. The Morgan fingerprint density at radius 3 is 3.00 bits per heavy atom. The third-order valence-corrected chi connectivity index (χ3v) is 3.45. The number of nitrogens with one attached hydrogen (secondary N) is 1. The van der Waals surface area contributed by atoms with Crippen LogP contribution in [0.3, 0.4) is 0 Å². The first-order valence-corrected chi connectivity index (χ1v) is 7.08. The summed E-state index contributed by atoms with van der Waals surface area (Å²) in [6.45, 7) is 0. The van der Waals surface area contributed by atoms with E-state index >= 15 is 0 Å². The van der Waals surface area contributed by atoms with E-state index < -0.39 is 5.82 Å². The monoisotopic (exact) mass is 347 g/mol. The number of halogens is 2. The average molecular weight is 348 g/mol. The van der Waals surface area contributed by atoms with Crippen LogP contribution in [0.15, 0.2) is 53.3 Å². The summed E-state index contributed by atoms with van der Waals surface area (Å²) < 4.78 is 16.1. The van der Waals surface area contributed by atoms with Gasteiger partial charge >= 0.3 is 0 Å². The maximum Gasteiger partial charge on any atom is 0.230 e. The number of aromatic nitrogens is 2. The fourth-order valence-electron chi connectivity index (χ4n) is 2.02. The lowest BCUT2D eigenvalue weighted by atomic mass is 10.2. The Bertz CT molecular complexity index is 783. The first kappa shape index (κ1) is 13.8. The lowest BCUT2D eigenvalue weighted by Crippen LogP contribution is -2.15. The fraction of sp³-hybridized carbons (Fsp3) is 0.0667. The van der Waals surface area contributed by atoms with Gasteiger partial charge in [0.25, 0.3) is 0 Å². The normalized spacial score (nSPS) is 10.8. The number of amides is 1. The van der Waals surface area contributed by atoms with Gasteiger partial charge in [0.1, 0.15) is 11.5 Å². The van der Waals surface area contributed by atoms with Crippen LogP contribution in [0.5, 0.6) is 0 Å². The molecule has 0 bridgehead atoms. The summed E-state index contributed by atoms with van der Waals surface area (Å²) in [5.74, 6) is -0.781. The Balaban J connectivity index is 1.75. The van der Waals surface area contributed by atoms with Crippen LogP contribution in [-0.2, 0) is 11.2 Å². The van der Waals surface area contributed by atoms with Crippen molar-refractivity contribution in [3.05, 3.63) is 64.8 Å². The molecule has 4 nitrogen and oxygen atoms in total. The highest BCUT2D eigenvalue weighted by atomic mass is 79.9. The van der Waals surface area contributed by atoms with Crippen molar-refractivity contribution < 1.29 is 9.18 Å². The molecule has 0 radical (unpaired) electrons. The van der Waals surface area contributed by atoms with Crippen LogP contribution in [0.2, 0.25) is 0 Å². The molecule has 2 aromatic heterocycles. The molecule has 6 heteroatoms. The Morgan fingerprint density at radius 1 is 1.33 bits per heavy atom. The molecule has 0 aliphatic heterocycles. The number of pyridine rings is 1. The highest BCUT2D eigenvalue weighted by Gasteiger charge is 2.10. The van der Waals surface area contributed by atoms with Gasteiger partial charge in [-0.05, 0) is 30.3 Å². The quantitative estimate of drug-likeness (QED) is 0.789. The van der Waals surface area contributed by atoms with Crippen molar-refractivity contribution in [3.8, 4) is 0 Å². The summed E-state index contributed by atoms with van der Waals surface area (Å²) in [6.07, 6.45) is 3.73. The number of anilines is 1. The molecule has 21 heavy (non-hydrogen) atoms. The van der Waals surface area contributed by atoms with Gasteiger partial charge in [-0.25, -0.2) is 9.37 Å². The lowest BCUT2D eigenvalue weighted by molar-refractivity contribution is -0.115. The summed E-state index contributed by atoms with van der Waals surface area (Å²) in [4.78, 5) is 16.3. The summed E-state index contributed by atoms with van der Waals surface area (Å²) in [6, 6.07) is 10.0. The van der Waals surface area contributed by atoms with Gasteiger partial charge in [-0.15, -0.1) is 0 Å². The van der Waals surface area contributed by atoms with Crippen LogP contribution in [0, 0.1) is 5.82 Å². The maximum atomic E-state index is 13.6. The molecular weight excluding hydrogens is 337 g/mol. The van der Waals surface area contributed by atoms with Crippen molar-refractivity contribution in [2.45, 2.75) is 6.42 Å². The number of rotatable bonds is 3. The third kappa shape index (κ3) is 3.11. The zero-order valence-electron chi connectivity index (χ0n) is 10.9. The van der Waals surface area contributed by atoms with E-state index in [-0.39, 0.29) is 18.0 Å². The van der Waals surface area contributed by atoms with Crippen molar-refractivity contribution in [2.24, 2.45) is 0 Å². The molecule has 3 aromatic rings. The van der Waals surface area contributed by atoms with E-state index in [0.717, 1.165) is 5.65 Å². The van der Waals surface area contributed by atoms with E-state index in [2.05, 4.69) is 26.2 Å². The third-order valence-electron chi connectivity index (χ3n) is 2.96. The Morgan fingerprint density at radius 2 is 2.19 bits per heavy atom. The van der Waals surface area contributed by atoms with Gasteiger partial charge in [-0.2, -0.15) is 0 Å². The highest BCUT2D eigenvalue weighted by Crippen LogP contribution is 2.20. The molecule has 0 fully saturated rings. The molecule has 3 rings (SSSR count). The molecule has 1 aromatic carbocycles. The van der Waals surface area contributed by atoms with Crippen LogP contribution < -0.4 is 5.32 Å². The van der Waals surface area contributed by atoms with Gasteiger partial charge in [-0.3, -0.25) is 4.79 Å². The average Bonchev–Trinajstić information content (AvgIpc) is 2.84. The second-order valence-electron chi connectivity index (χ2n) is 4.55. The Hall–Kier alpha value is -2.21. The van der Waals surface area contributed by atoms with E-state index in [1.807, 2.05) is 28.8 Å². The minimum Gasteiger partial charge on any atom is -0.323 e. The van der Waals surface area contributed by atoms with Crippen molar-refractivity contribution in [1.82, 2.24) is 9.38 Å². The summed E-state index contributed by atoms with van der Waals surface area (Å²) >= 11 is 3.24. The lowest BCUT2D eigenvalue weighted by Gasteiger charge is -2.05. The second kappa shape index (κ2) is 5.65. The largest absolute Gasteiger partial charge is 0.323 e. The van der Waals surface area contributed by atoms with Crippen molar-refractivity contribution >= 4 is 33.2 Å². The smallest absolute Gasteiger partial charge is 0.230 e. The van der Waals surface area contributed by atoms with Crippen LogP contribution >= 0.6 is 15.9 Å². The van der Waals surface area contributed by atoms with Gasteiger partial charge in [0.05, 0.1) is 17.8 Å². The number of imidazole rings is 1. The van der Waals surface area contributed by atoms with E-state index in [0.29, 0.717) is 10.2 Å². The first-order chi connectivity index (χ1) is 10.1. The molecule has 2 heterocycles. The van der Waals surface area contributed by atoms with Crippen LogP contribution in [0.1, 0.15) is 5.69 Å². The number of nitrogens with zero attached hydrogens (tertiary/aromatic N) is 2. The molecule has 1 amide bonds. The topological polar surface area (TPSA) is 46.4 Å². The zero-order valence-corrected chi connectivity index (χ0v) is 12.5. The maximum absolute atomic E-state index is 13.6. The predicted molar refractivity (Wildman–Crippen MR) is 81.6 cm³/mol. The molecule has 0 saturated heterocycles. The summed E-state index contributed by atoms with van der Waals surface area (Å²) in [5, 5.41) is 2.55. The molecule has 0 saturated carbocycles. The fourth-order valence-corrected chi connectivity index (χ4v) is 2.39. The molecule has 0 aliphatic rings. The standard InChI is InChI=1S/C15H11BrFN3O/c16-10-4-5-12(17)13(7-10)19-15(21)8-11-9-20-6-2-1-3-14(20)18-11/h1-7,9H,8H2,(H,19,21). The van der Waals surface area contributed by atoms with Crippen molar-refractivity contribution in [1.29, 1.82) is 0 Å². The predicted octanol–water partition coefficient (Wildman–Crippen LogP) is 3.42. The van der Waals surface area contributed by atoms with Crippen LogP contribution in [-0.4, -0.2) is 15.3 Å². The number of benzene rings is 1. The van der Waals surface area contributed by atoms with Crippen LogP contribution in [0.4, 0.5) is 10.1 Å². The minimum atomic E-state index is -0.471. The number of carbonyl (C=O) groups is 1. The number of hydrogen-bond donors (Lipinski definition) is 1. The number of hydrogen-bond acceptors (Lipinski definition) is 2. The van der Waals surface area contributed by atoms with E-state index in [1.54, 1.807) is 12.3 Å². The summed E-state index contributed by atoms with van der Waals surface area (Å²) in [7, 11) is 0. The molecule has 0 unspecified atom stereocenters. The Labute approximate surface area is 128 Å². The SMILES string of the molecule is O=C(Cc1cn2ccccc2n1)Nc1cc(Br)ccc1F. The first-order valence-electron chi connectivity index (χ1n) is 6.29. The zero-order chi connectivity index (χ0) is 14.8. The van der Waals surface area contributed by atoms with Crippen molar-refractivity contribution in [2.75, 3.05) is 5.32 Å². The number of fused-ring (bicyclic) bond motifs is 1. The van der Waals surface area contributed by atoms with E-state index in [1.165, 1.54) is 12.1 Å². The summed E-state index contributed by atoms with van der Waals surface area (Å²) in [5.41, 5.74) is 1.56.